The molecule has 8 nitrogen and oxygen atoms in total. The second kappa shape index (κ2) is 10.8. The van der Waals surface area contributed by atoms with Crippen LogP contribution in [0.4, 0.5) is 9.59 Å². The molecule has 0 aromatic carbocycles. The second-order valence-electron chi connectivity index (χ2n) is 7.46. The first-order valence-electron chi connectivity index (χ1n) is 10.00. The van der Waals surface area contributed by atoms with Gasteiger partial charge in [0, 0.05) is 19.1 Å². The van der Waals surface area contributed by atoms with Crippen LogP contribution in [0, 0.1) is 5.92 Å². The lowest BCUT2D eigenvalue weighted by Gasteiger charge is -2.39. The summed E-state index contributed by atoms with van der Waals surface area (Å²) in [6.07, 6.45) is 4.66. The number of cyclic esters (lactones) is 1. The minimum absolute atomic E-state index is 0.0888. The Morgan fingerprint density at radius 3 is 2.61 bits per heavy atom. The zero-order chi connectivity index (χ0) is 20.7. The second-order valence-corrected chi connectivity index (χ2v) is 8.45. The highest BCUT2D eigenvalue weighted by atomic mass is 32.2. The smallest absolute Gasteiger partial charge is 0.410 e. The minimum Gasteiger partial charge on any atom is -0.467 e. The van der Waals surface area contributed by atoms with Gasteiger partial charge in [0.15, 0.2) is 0 Å². The molecule has 160 valence electrons. The first kappa shape index (κ1) is 22.6. The molecule has 0 bridgehead atoms. The Kier molecular flexibility index (Phi) is 8.72. The van der Waals surface area contributed by atoms with Crippen LogP contribution in [0.5, 0.6) is 0 Å². The number of carbonyl (C=O) groups is 3. The van der Waals surface area contributed by atoms with Crippen LogP contribution >= 0.6 is 11.8 Å². The highest BCUT2D eigenvalue weighted by Gasteiger charge is 2.41. The van der Waals surface area contributed by atoms with Gasteiger partial charge >= 0.3 is 18.1 Å². The summed E-state index contributed by atoms with van der Waals surface area (Å²) in [4.78, 5) is 40.3. The van der Waals surface area contributed by atoms with Gasteiger partial charge in [0.25, 0.3) is 0 Å². The first-order chi connectivity index (χ1) is 13.4. The van der Waals surface area contributed by atoms with Crippen molar-refractivity contribution in [3.63, 3.8) is 0 Å². The maximum absolute atomic E-state index is 12.6. The van der Waals surface area contributed by atoms with Gasteiger partial charge in [-0.2, -0.15) is 11.8 Å². The van der Waals surface area contributed by atoms with Gasteiger partial charge < -0.3 is 19.7 Å². The molecule has 0 aromatic heterocycles. The molecule has 1 N–H and O–H groups in total. The highest BCUT2D eigenvalue weighted by molar-refractivity contribution is 7.98. The molecule has 3 amide bonds. The van der Waals surface area contributed by atoms with E-state index in [1.54, 1.807) is 16.7 Å². The van der Waals surface area contributed by atoms with E-state index in [1.807, 2.05) is 11.2 Å². The van der Waals surface area contributed by atoms with Gasteiger partial charge in [-0.25, -0.2) is 14.4 Å². The van der Waals surface area contributed by atoms with Crippen LogP contribution in [0.3, 0.4) is 0 Å². The van der Waals surface area contributed by atoms with E-state index in [0.29, 0.717) is 44.9 Å². The molecule has 3 unspecified atom stereocenters. The number of nitrogens with zero attached hydrogens (tertiary/aromatic N) is 2. The van der Waals surface area contributed by atoms with Crippen LogP contribution < -0.4 is 5.32 Å². The Hall–Kier alpha value is -1.64. The lowest BCUT2D eigenvalue weighted by atomic mass is 9.95. The maximum atomic E-state index is 12.6. The number of hydrogen-bond donors (Lipinski definition) is 1. The summed E-state index contributed by atoms with van der Waals surface area (Å²) in [7, 11) is 1.33. The molecule has 0 saturated carbocycles. The summed E-state index contributed by atoms with van der Waals surface area (Å²) in [6.45, 7) is 5.80. The first-order valence-corrected chi connectivity index (χ1v) is 11.4. The summed E-state index contributed by atoms with van der Waals surface area (Å²) in [5, 5.41) is 2.80. The van der Waals surface area contributed by atoms with Gasteiger partial charge in [-0.1, -0.05) is 20.3 Å². The van der Waals surface area contributed by atoms with Crippen LogP contribution in [0.25, 0.3) is 0 Å². The number of thioether (sulfide) groups is 1. The number of urea groups is 1. The van der Waals surface area contributed by atoms with Gasteiger partial charge in [-0.3, -0.25) is 4.90 Å². The fraction of sp³-hybridized carbons (Fsp3) is 0.842. The average Bonchev–Trinajstić information content (AvgIpc) is 3.11. The summed E-state index contributed by atoms with van der Waals surface area (Å²) in [6, 6.07) is -0.687. The molecule has 0 aromatic rings. The van der Waals surface area contributed by atoms with Crippen molar-refractivity contribution >= 4 is 29.9 Å². The van der Waals surface area contributed by atoms with Crippen molar-refractivity contribution in [2.24, 2.45) is 5.92 Å². The molecule has 2 aliphatic rings. The number of hydrogen-bond acceptors (Lipinski definition) is 6. The Morgan fingerprint density at radius 2 is 2.04 bits per heavy atom. The summed E-state index contributed by atoms with van der Waals surface area (Å²) >= 11 is 1.62. The third kappa shape index (κ3) is 5.46. The third-order valence-electron chi connectivity index (χ3n) is 5.79. The van der Waals surface area contributed by atoms with Crippen LogP contribution in [0.1, 0.15) is 39.5 Å². The van der Waals surface area contributed by atoms with E-state index in [1.165, 1.54) is 7.11 Å². The lowest BCUT2D eigenvalue weighted by Crippen LogP contribution is -2.54. The van der Waals surface area contributed by atoms with Crippen molar-refractivity contribution in [1.29, 1.82) is 0 Å². The van der Waals surface area contributed by atoms with Crippen molar-refractivity contribution < 1.29 is 23.9 Å². The number of nitrogens with one attached hydrogen (secondary N) is 1. The Bertz CT molecular complexity index is 554. The van der Waals surface area contributed by atoms with E-state index < -0.39 is 12.0 Å². The summed E-state index contributed by atoms with van der Waals surface area (Å²) in [5.74, 6) is 0.717. The molecule has 0 spiro atoms. The van der Waals surface area contributed by atoms with E-state index in [9.17, 15) is 14.4 Å². The number of amides is 3. The van der Waals surface area contributed by atoms with Crippen LogP contribution in [-0.2, 0) is 14.3 Å². The van der Waals surface area contributed by atoms with Crippen molar-refractivity contribution in [1.82, 2.24) is 15.1 Å². The van der Waals surface area contributed by atoms with Crippen LogP contribution in [-0.4, -0.2) is 84.8 Å². The normalized spacial score (nSPS) is 22.6. The predicted molar refractivity (Wildman–Crippen MR) is 108 cm³/mol. The van der Waals surface area contributed by atoms with Crippen LogP contribution in [0.2, 0.25) is 0 Å². The number of piperidine rings is 1. The molecule has 0 aliphatic carbocycles. The van der Waals surface area contributed by atoms with Gasteiger partial charge in [-0.05, 0) is 37.2 Å². The van der Waals surface area contributed by atoms with E-state index in [-0.39, 0.29) is 24.2 Å². The molecule has 2 aliphatic heterocycles. The Labute approximate surface area is 171 Å². The topological polar surface area (TPSA) is 88.2 Å². The zero-order valence-electron chi connectivity index (χ0n) is 17.3. The molecule has 28 heavy (non-hydrogen) atoms. The average molecular weight is 416 g/mol. The standard InChI is InChI=1S/C19H33N3O5S/c1-5-13(2)16-12-27-19(25)22(16)14-6-9-21(10-7-14)18(24)20-15(8-11-28-4)17(23)26-3/h13-16H,5-12H2,1-4H3,(H,20,24). The molecule has 2 saturated heterocycles. The molecule has 2 fully saturated rings. The van der Waals surface area contributed by atoms with Crippen LogP contribution in [0.15, 0.2) is 0 Å². The Balaban J connectivity index is 1.90. The van der Waals surface area contributed by atoms with Crippen molar-refractivity contribution in [2.45, 2.75) is 57.7 Å². The van der Waals surface area contributed by atoms with Crippen molar-refractivity contribution in [3.8, 4) is 0 Å². The van der Waals surface area contributed by atoms with E-state index >= 15 is 0 Å². The SMILES string of the molecule is CCC(C)C1COC(=O)N1C1CCN(C(=O)NC(CCSC)C(=O)OC)CC1. The van der Waals surface area contributed by atoms with Gasteiger partial charge in [0.2, 0.25) is 0 Å². The fourth-order valence-electron chi connectivity index (χ4n) is 3.79. The minimum atomic E-state index is -0.633. The summed E-state index contributed by atoms with van der Waals surface area (Å²) in [5.41, 5.74) is 0. The predicted octanol–water partition coefficient (Wildman–Crippen LogP) is 2.32. The Morgan fingerprint density at radius 1 is 1.36 bits per heavy atom. The quantitative estimate of drug-likeness (QED) is 0.612. The number of likely N-dealkylation sites (tertiary alicyclic amines) is 1. The van der Waals surface area contributed by atoms with Crippen molar-refractivity contribution in [3.05, 3.63) is 0 Å². The number of methoxy groups -OCH3 is 1. The third-order valence-corrected chi connectivity index (χ3v) is 6.43. The number of esters is 1. The number of rotatable bonds is 8. The molecule has 2 heterocycles. The molecular weight excluding hydrogens is 382 g/mol. The van der Waals surface area contributed by atoms with Gasteiger partial charge in [0.05, 0.1) is 13.2 Å². The fourth-order valence-corrected chi connectivity index (χ4v) is 4.26. The van der Waals surface area contributed by atoms with Crippen molar-refractivity contribution in [2.75, 3.05) is 38.8 Å². The van der Waals surface area contributed by atoms with E-state index in [2.05, 4.69) is 19.2 Å². The zero-order valence-corrected chi connectivity index (χ0v) is 18.1. The number of carbonyl (C=O) groups excluding carboxylic acids is 3. The molecule has 3 atom stereocenters. The lowest BCUT2D eigenvalue weighted by molar-refractivity contribution is -0.142. The molecular formula is C19H33N3O5S. The maximum Gasteiger partial charge on any atom is 0.410 e. The van der Waals surface area contributed by atoms with Gasteiger partial charge in [-0.15, -0.1) is 0 Å². The monoisotopic (exact) mass is 415 g/mol. The molecule has 0 radical (unpaired) electrons. The van der Waals surface area contributed by atoms with Gasteiger partial charge in [0.1, 0.15) is 12.6 Å². The molecule has 9 heteroatoms. The van der Waals surface area contributed by atoms with E-state index in [4.69, 9.17) is 9.47 Å². The highest BCUT2D eigenvalue weighted by Crippen LogP contribution is 2.28. The largest absolute Gasteiger partial charge is 0.467 e. The number of ether oxygens (including phenoxy) is 2. The van der Waals surface area contributed by atoms with E-state index in [0.717, 1.165) is 12.2 Å². The molecule has 2 rings (SSSR count). The summed E-state index contributed by atoms with van der Waals surface area (Å²) < 4.78 is 10.1.